The normalized spacial score (nSPS) is 19.4. The van der Waals surface area contributed by atoms with Crippen LogP contribution in [-0.4, -0.2) is 35.7 Å². The Balaban J connectivity index is 2.51. The molecule has 0 aromatic carbocycles. The van der Waals surface area contributed by atoms with Gasteiger partial charge in [0.2, 0.25) is 0 Å². The van der Waals surface area contributed by atoms with Crippen molar-refractivity contribution in [2.45, 2.75) is 32.3 Å². The van der Waals surface area contributed by atoms with Gasteiger partial charge >= 0.3 is 17.9 Å². The van der Waals surface area contributed by atoms with Crippen molar-refractivity contribution in [2.24, 2.45) is 5.92 Å². The molecule has 0 saturated heterocycles. The standard InChI is InChI=1S/C14H18O6/c1-3-12(15)20-9(2)8-19-14(18)11-7-5-4-6-10(11)13(16)17/h3,6,9,11H,1,4-5,7-8H2,2H3,(H,16,17). The number of rotatable bonds is 6. The smallest absolute Gasteiger partial charge is 0.332 e. The summed E-state index contributed by atoms with van der Waals surface area (Å²) >= 11 is 0. The summed E-state index contributed by atoms with van der Waals surface area (Å²) in [5.74, 6) is -3.04. The summed E-state index contributed by atoms with van der Waals surface area (Å²) < 4.78 is 9.86. The Kier molecular flexibility index (Phi) is 5.96. The van der Waals surface area contributed by atoms with E-state index >= 15 is 0 Å². The van der Waals surface area contributed by atoms with Crippen LogP contribution in [0.1, 0.15) is 26.2 Å². The quantitative estimate of drug-likeness (QED) is 0.586. The third-order valence-electron chi connectivity index (χ3n) is 2.91. The number of carboxylic acid groups (broad SMARTS) is 1. The first kappa shape index (κ1) is 15.9. The Labute approximate surface area is 117 Å². The van der Waals surface area contributed by atoms with Crippen molar-refractivity contribution in [3.63, 3.8) is 0 Å². The lowest BCUT2D eigenvalue weighted by molar-refractivity contribution is -0.157. The summed E-state index contributed by atoms with van der Waals surface area (Å²) in [6, 6.07) is 0. The molecule has 0 fully saturated rings. The monoisotopic (exact) mass is 282 g/mol. The lowest BCUT2D eigenvalue weighted by Crippen LogP contribution is -2.29. The van der Waals surface area contributed by atoms with Crippen LogP contribution in [0.2, 0.25) is 0 Å². The summed E-state index contributed by atoms with van der Waals surface area (Å²) in [4.78, 5) is 33.9. The van der Waals surface area contributed by atoms with Gasteiger partial charge in [-0.1, -0.05) is 12.7 Å². The third kappa shape index (κ3) is 4.53. The lowest BCUT2D eigenvalue weighted by Gasteiger charge is -2.21. The van der Waals surface area contributed by atoms with Crippen LogP contribution in [0.4, 0.5) is 0 Å². The first-order chi connectivity index (χ1) is 9.45. The molecule has 0 heterocycles. The van der Waals surface area contributed by atoms with Crippen molar-refractivity contribution >= 4 is 17.9 Å². The summed E-state index contributed by atoms with van der Waals surface area (Å²) in [7, 11) is 0. The molecule has 1 aliphatic carbocycles. The van der Waals surface area contributed by atoms with E-state index in [9.17, 15) is 14.4 Å². The van der Waals surface area contributed by atoms with E-state index < -0.39 is 29.9 Å². The van der Waals surface area contributed by atoms with E-state index in [4.69, 9.17) is 14.6 Å². The zero-order chi connectivity index (χ0) is 15.1. The Morgan fingerprint density at radius 2 is 2.25 bits per heavy atom. The Morgan fingerprint density at radius 3 is 2.85 bits per heavy atom. The minimum Gasteiger partial charge on any atom is -0.478 e. The fraction of sp³-hybridized carbons (Fsp3) is 0.500. The van der Waals surface area contributed by atoms with E-state index in [1.807, 2.05) is 0 Å². The highest BCUT2D eigenvalue weighted by Crippen LogP contribution is 2.26. The zero-order valence-corrected chi connectivity index (χ0v) is 11.3. The van der Waals surface area contributed by atoms with Crippen LogP contribution in [0.15, 0.2) is 24.3 Å². The molecular formula is C14H18O6. The number of ether oxygens (including phenoxy) is 2. The van der Waals surface area contributed by atoms with Crippen LogP contribution < -0.4 is 0 Å². The second kappa shape index (κ2) is 7.47. The first-order valence-electron chi connectivity index (χ1n) is 6.38. The van der Waals surface area contributed by atoms with Gasteiger partial charge in [0.05, 0.1) is 5.92 Å². The van der Waals surface area contributed by atoms with Crippen molar-refractivity contribution in [2.75, 3.05) is 6.61 Å². The van der Waals surface area contributed by atoms with Crippen LogP contribution in [0.3, 0.4) is 0 Å². The molecule has 0 aliphatic heterocycles. The van der Waals surface area contributed by atoms with E-state index in [1.165, 1.54) is 0 Å². The SMILES string of the molecule is C=CC(=O)OC(C)COC(=O)C1CCCC=C1C(=O)O. The first-order valence-corrected chi connectivity index (χ1v) is 6.38. The summed E-state index contributed by atoms with van der Waals surface area (Å²) in [6.45, 7) is 4.72. The molecule has 0 radical (unpaired) electrons. The molecule has 6 nitrogen and oxygen atoms in total. The molecule has 2 unspecified atom stereocenters. The number of carboxylic acids is 1. The molecule has 0 bridgehead atoms. The molecule has 20 heavy (non-hydrogen) atoms. The van der Waals surface area contributed by atoms with Crippen LogP contribution in [0, 0.1) is 5.92 Å². The minimum absolute atomic E-state index is 0.0805. The number of esters is 2. The number of carbonyl (C=O) groups is 3. The molecule has 0 saturated carbocycles. The summed E-state index contributed by atoms with van der Waals surface area (Å²) in [5.41, 5.74) is 0.0805. The van der Waals surface area contributed by atoms with E-state index in [0.29, 0.717) is 12.8 Å². The van der Waals surface area contributed by atoms with Gasteiger partial charge in [-0.3, -0.25) is 4.79 Å². The minimum atomic E-state index is -1.10. The maximum atomic E-state index is 11.9. The van der Waals surface area contributed by atoms with E-state index in [0.717, 1.165) is 12.5 Å². The van der Waals surface area contributed by atoms with Crippen molar-refractivity contribution in [3.05, 3.63) is 24.3 Å². The van der Waals surface area contributed by atoms with Gasteiger partial charge in [-0.15, -0.1) is 0 Å². The van der Waals surface area contributed by atoms with Crippen molar-refractivity contribution in [1.29, 1.82) is 0 Å². The fourth-order valence-electron chi connectivity index (χ4n) is 1.94. The van der Waals surface area contributed by atoms with Crippen LogP contribution >= 0.6 is 0 Å². The average molecular weight is 282 g/mol. The van der Waals surface area contributed by atoms with Crippen molar-refractivity contribution in [1.82, 2.24) is 0 Å². The van der Waals surface area contributed by atoms with Crippen LogP contribution in [0.5, 0.6) is 0 Å². The van der Waals surface area contributed by atoms with Gasteiger partial charge in [-0.2, -0.15) is 0 Å². The highest BCUT2D eigenvalue weighted by Gasteiger charge is 2.30. The number of hydrogen-bond donors (Lipinski definition) is 1. The predicted molar refractivity (Wildman–Crippen MR) is 69.8 cm³/mol. The molecule has 0 aromatic rings. The molecule has 0 spiro atoms. The maximum absolute atomic E-state index is 11.9. The largest absolute Gasteiger partial charge is 0.478 e. The van der Waals surface area contributed by atoms with Gasteiger partial charge in [0.25, 0.3) is 0 Å². The fourth-order valence-corrected chi connectivity index (χ4v) is 1.94. The van der Waals surface area contributed by atoms with Gasteiger partial charge in [0.15, 0.2) is 0 Å². The zero-order valence-electron chi connectivity index (χ0n) is 11.3. The summed E-state index contributed by atoms with van der Waals surface area (Å²) in [6.07, 6.45) is 3.82. The molecule has 0 aromatic heterocycles. The summed E-state index contributed by atoms with van der Waals surface area (Å²) in [5, 5.41) is 9.03. The van der Waals surface area contributed by atoms with Crippen molar-refractivity contribution in [3.8, 4) is 0 Å². The van der Waals surface area contributed by atoms with Crippen LogP contribution in [0.25, 0.3) is 0 Å². The molecule has 1 aliphatic rings. The molecule has 110 valence electrons. The number of allylic oxidation sites excluding steroid dienone is 1. The number of hydrogen-bond acceptors (Lipinski definition) is 5. The molecule has 1 N–H and O–H groups in total. The maximum Gasteiger partial charge on any atom is 0.332 e. The van der Waals surface area contributed by atoms with Crippen LogP contribution in [-0.2, 0) is 23.9 Å². The predicted octanol–water partition coefficient (Wildman–Crippen LogP) is 1.46. The number of carbonyl (C=O) groups excluding carboxylic acids is 2. The second-order valence-electron chi connectivity index (χ2n) is 4.53. The van der Waals surface area contributed by atoms with E-state index in [1.54, 1.807) is 13.0 Å². The molecule has 6 heteroatoms. The average Bonchev–Trinajstić information content (AvgIpc) is 2.44. The highest BCUT2D eigenvalue weighted by molar-refractivity contribution is 5.94. The van der Waals surface area contributed by atoms with Gasteiger partial charge in [-0.05, 0) is 26.2 Å². The molecule has 1 rings (SSSR count). The lowest BCUT2D eigenvalue weighted by atomic mass is 9.88. The topological polar surface area (TPSA) is 89.9 Å². The molecule has 2 atom stereocenters. The highest BCUT2D eigenvalue weighted by atomic mass is 16.6. The third-order valence-corrected chi connectivity index (χ3v) is 2.91. The molecular weight excluding hydrogens is 264 g/mol. The number of aliphatic carboxylic acids is 1. The van der Waals surface area contributed by atoms with Gasteiger partial charge < -0.3 is 14.6 Å². The van der Waals surface area contributed by atoms with Gasteiger partial charge in [-0.25, -0.2) is 9.59 Å². The van der Waals surface area contributed by atoms with E-state index in [-0.39, 0.29) is 12.2 Å². The van der Waals surface area contributed by atoms with Crippen molar-refractivity contribution < 1.29 is 29.0 Å². The molecule has 0 amide bonds. The second-order valence-corrected chi connectivity index (χ2v) is 4.53. The van der Waals surface area contributed by atoms with E-state index in [2.05, 4.69) is 6.58 Å². The van der Waals surface area contributed by atoms with Gasteiger partial charge in [0.1, 0.15) is 12.7 Å². The Hall–Kier alpha value is -2.11. The Bertz CT molecular complexity index is 437. The Morgan fingerprint density at radius 1 is 1.55 bits per heavy atom. The van der Waals surface area contributed by atoms with Gasteiger partial charge in [0, 0.05) is 11.6 Å².